The van der Waals surface area contributed by atoms with Crippen molar-refractivity contribution in [3.63, 3.8) is 0 Å². The van der Waals surface area contributed by atoms with E-state index in [1.54, 1.807) is 6.20 Å². The van der Waals surface area contributed by atoms with E-state index in [0.717, 1.165) is 31.4 Å². The largest absolute Gasteiger partial charge is 0.472 e. The van der Waals surface area contributed by atoms with Crippen LogP contribution in [-0.2, 0) is 0 Å². The summed E-state index contributed by atoms with van der Waals surface area (Å²) in [5.74, 6) is 0.0602. The molecule has 0 radical (unpaired) electrons. The summed E-state index contributed by atoms with van der Waals surface area (Å²) in [6.07, 6.45) is 9.12. The number of ether oxygens (including phenoxy) is 1. The van der Waals surface area contributed by atoms with E-state index in [0.29, 0.717) is 5.69 Å². The Balaban J connectivity index is 1.51. The van der Waals surface area contributed by atoms with Crippen LogP contribution in [0.15, 0.2) is 24.8 Å². The van der Waals surface area contributed by atoms with Crippen molar-refractivity contribution in [2.45, 2.75) is 44.8 Å². The van der Waals surface area contributed by atoms with E-state index >= 15 is 0 Å². The second-order valence-corrected chi connectivity index (χ2v) is 5.93. The van der Waals surface area contributed by atoms with Crippen LogP contribution in [0.2, 0.25) is 0 Å². The molecule has 0 saturated heterocycles. The van der Waals surface area contributed by atoms with Crippen LogP contribution in [0.5, 0.6) is 5.88 Å². The predicted molar refractivity (Wildman–Crippen MR) is 87.7 cm³/mol. The van der Waals surface area contributed by atoms with Crippen molar-refractivity contribution in [2.75, 3.05) is 0 Å². The van der Waals surface area contributed by atoms with Gasteiger partial charge in [-0.1, -0.05) is 0 Å². The van der Waals surface area contributed by atoms with Crippen molar-refractivity contribution in [2.24, 2.45) is 0 Å². The number of nitriles is 1. The van der Waals surface area contributed by atoms with E-state index in [2.05, 4.69) is 25.3 Å². The van der Waals surface area contributed by atoms with Crippen LogP contribution >= 0.6 is 0 Å². The number of aryl methyl sites for hydroxylation is 1. The van der Waals surface area contributed by atoms with Gasteiger partial charge < -0.3 is 10.1 Å². The SMILES string of the molecule is Cc1cnc(C(=O)NC2CCC(Oc3nccnc3C#N)CC2)cn1. The monoisotopic (exact) mass is 338 g/mol. The number of hydrogen-bond acceptors (Lipinski definition) is 7. The zero-order valence-corrected chi connectivity index (χ0v) is 13.8. The Hall–Kier alpha value is -3.08. The van der Waals surface area contributed by atoms with Crippen LogP contribution in [0, 0.1) is 18.3 Å². The van der Waals surface area contributed by atoms with Crippen LogP contribution in [0.1, 0.15) is 47.6 Å². The molecule has 8 heteroatoms. The second-order valence-electron chi connectivity index (χ2n) is 5.93. The highest BCUT2D eigenvalue weighted by Crippen LogP contribution is 2.24. The molecule has 2 aromatic rings. The third kappa shape index (κ3) is 4.26. The van der Waals surface area contributed by atoms with E-state index in [9.17, 15) is 4.79 Å². The van der Waals surface area contributed by atoms with Crippen molar-refractivity contribution < 1.29 is 9.53 Å². The van der Waals surface area contributed by atoms with Crippen molar-refractivity contribution in [3.8, 4) is 11.9 Å². The van der Waals surface area contributed by atoms with Crippen molar-refractivity contribution in [1.29, 1.82) is 5.26 Å². The Kier molecular flexibility index (Phi) is 5.14. The topological polar surface area (TPSA) is 114 Å². The highest BCUT2D eigenvalue weighted by molar-refractivity contribution is 5.92. The van der Waals surface area contributed by atoms with Gasteiger partial charge in [-0.25, -0.2) is 15.0 Å². The van der Waals surface area contributed by atoms with Gasteiger partial charge >= 0.3 is 0 Å². The Bertz CT molecular complexity index is 778. The third-order valence-corrected chi connectivity index (χ3v) is 4.07. The van der Waals surface area contributed by atoms with E-state index in [-0.39, 0.29) is 29.6 Å². The van der Waals surface area contributed by atoms with Gasteiger partial charge in [-0.2, -0.15) is 5.26 Å². The first kappa shape index (κ1) is 16.8. The summed E-state index contributed by atoms with van der Waals surface area (Å²) in [4.78, 5) is 28.4. The Labute approximate surface area is 145 Å². The van der Waals surface area contributed by atoms with Gasteiger partial charge in [-0.15, -0.1) is 0 Å². The molecule has 3 rings (SSSR count). The number of carbonyl (C=O) groups excluding carboxylic acids is 1. The molecule has 1 aliphatic rings. The van der Waals surface area contributed by atoms with Crippen LogP contribution in [0.25, 0.3) is 0 Å². The van der Waals surface area contributed by atoms with E-state index < -0.39 is 0 Å². The predicted octanol–water partition coefficient (Wildman–Crippen LogP) is 1.57. The molecule has 0 bridgehead atoms. The molecule has 25 heavy (non-hydrogen) atoms. The molecular formula is C17H18N6O2. The average molecular weight is 338 g/mol. The lowest BCUT2D eigenvalue weighted by Crippen LogP contribution is -2.40. The maximum atomic E-state index is 12.2. The standard InChI is InChI=1S/C17H18N6O2/c1-11-9-22-15(10-21-11)16(24)23-12-2-4-13(5-3-12)25-17-14(8-18)19-6-7-20-17/h6-7,9-10,12-13H,2-5H2,1H3,(H,23,24). The summed E-state index contributed by atoms with van der Waals surface area (Å²) in [7, 11) is 0. The molecule has 1 fully saturated rings. The summed E-state index contributed by atoms with van der Waals surface area (Å²) in [6, 6.07) is 2.05. The fraction of sp³-hybridized carbons (Fsp3) is 0.412. The number of nitrogens with one attached hydrogen (secondary N) is 1. The first-order valence-electron chi connectivity index (χ1n) is 8.13. The molecule has 1 saturated carbocycles. The van der Waals surface area contributed by atoms with Gasteiger partial charge in [0, 0.05) is 24.6 Å². The van der Waals surface area contributed by atoms with Gasteiger partial charge in [0.1, 0.15) is 17.9 Å². The van der Waals surface area contributed by atoms with E-state index in [1.807, 2.05) is 13.0 Å². The van der Waals surface area contributed by atoms with E-state index in [1.165, 1.54) is 18.6 Å². The minimum Gasteiger partial charge on any atom is -0.472 e. The maximum Gasteiger partial charge on any atom is 0.271 e. The van der Waals surface area contributed by atoms with Crippen LogP contribution in [0.4, 0.5) is 0 Å². The quantitative estimate of drug-likeness (QED) is 0.900. The van der Waals surface area contributed by atoms with Crippen molar-refractivity contribution in [1.82, 2.24) is 25.3 Å². The molecule has 0 aliphatic heterocycles. The Morgan fingerprint density at radius 2 is 1.92 bits per heavy atom. The number of nitrogens with zero attached hydrogens (tertiary/aromatic N) is 5. The van der Waals surface area contributed by atoms with Crippen molar-refractivity contribution in [3.05, 3.63) is 41.9 Å². The van der Waals surface area contributed by atoms with Gasteiger partial charge in [0.2, 0.25) is 5.69 Å². The minimum absolute atomic E-state index is 0.0314. The van der Waals surface area contributed by atoms with Crippen LogP contribution < -0.4 is 10.1 Å². The maximum absolute atomic E-state index is 12.2. The first-order valence-corrected chi connectivity index (χ1v) is 8.13. The minimum atomic E-state index is -0.211. The van der Waals surface area contributed by atoms with Gasteiger partial charge in [0.25, 0.3) is 11.8 Å². The highest BCUT2D eigenvalue weighted by atomic mass is 16.5. The molecular weight excluding hydrogens is 320 g/mol. The Morgan fingerprint density at radius 1 is 1.16 bits per heavy atom. The Morgan fingerprint density at radius 3 is 2.60 bits per heavy atom. The number of carbonyl (C=O) groups is 1. The lowest BCUT2D eigenvalue weighted by atomic mass is 9.93. The summed E-state index contributed by atoms with van der Waals surface area (Å²) in [6.45, 7) is 1.82. The highest BCUT2D eigenvalue weighted by Gasteiger charge is 2.25. The van der Waals surface area contributed by atoms with Gasteiger partial charge in [0.15, 0.2) is 0 Å². The fourth-order valence-electron chi connectivity index (χ4n) is 2.74. The molecule has 1 aliphatic carbocycles. The molecule has 2 aromatic heterocycles. The van der Waals surface area contributed by atoms with Crippen molar-refractivity contribution >= 4 is 5.91 Å². The zero-order valence-electron chi connectivity index (χ0n) is 13.8. The summed E-state index contributed by atoms with van der Waals surface area (Å²) in [5, 5.41) is 12.0. The molecule has 0 spiro atoms. The summed E-state index contributed by atoms with van der Waals surface area (Å²) >= 11 is 0. The average Bonchev–Trinajstić information content (AvgIpc) is 2.64. The molecule has 128 valence electrons. The molecule has 0 atom stereocenters. The molecule has 0 unspecified atom stereocenters. The number of hydrogen-bond donors (Lipinski definition) is 1. The lowest BCUT2D eigenvalue weighted by molar-refractivity contribution is 0.0884. The molecule has 0 aromatic carbocycles. The fourth-order valence-corrected chi connectivity index (χ4v) is 2.74. The van der Waals surface area contributed by atoms with E-state index in [4.69, 9.17) is 10.00 Å². The van der Waals surface area contributed by atoms with Crippen LogP contribution in [-0.4, -0.2) is 38.0 Å². The first-order chi connectivity index (χ1) is 12.2. The number of rotatable bonds is 4. The molecule has 1 N–H and O–H groups in total. The number of amides is 1. The van der Waals surface area contributed by atoms with Gasteiger partial charge in [-0.05, 0) is 32.6 Å². The smallest absolute Gasteiger partial charge is 0.271 e. The van der Waals surface area contributed by atoms with Crippen LogP contribution in [0.3, 0.4) is 0 Å². The summed E-state index contributed by atoms with van der Waals surface area (Å²) in [5.41, 5.74) is 1.29. The zero-order chi connectivity index (χ0) is 17.6. The summed E-state index contributed by atoms with van der Waals surface area (Å²) < 4.78 is 5.80. The molecule has 8 nitrogen and oxygen atoms in total. The third-order valence-electron chi connectivity index (χ3n) is 4.07. The van der Waals surface area contributed by atoms with Gasteiger partial charge in [-0.3, -0.25) is 9.78 Å². The molecule has 1 amide bonds. The van der Waals surface area contributed by atoms with Gasteiger partial charge in [0.05, 0.1) is 11.9 Å². The number of aromatic nitrogens is 4. The second kappa shape index (κ2) is 7.66. The molecule has 2 heterocycles. The normalized spacial score (nSPS) is 19.7. The lowest BCUT2D eigenvalue weighted by Gasteiger charge is -2.29.